The van der Waals surface area contributed by atoms with E-state index < -0.39 is 40.5 Å². The van der Waals surface area contributed by atoms with Gasteiger partial charge in [-0.2, -0.15) is 13.2 Å². The van der Waals surface area contributed by atoms with E-state index in [1.54, 1.807) is 0 Å². The fraction of sp³-hybridized carbons (Fsp3) is 0.158. The van der Waals surface area contributed by atoms with E-state index in [-0.39, 0.29) is 45.7 Å². The van der Waals surface area contributed by atoms with E-state index in [0.29, 0.717) is 0 Å². The molecule has 0 atom stereocenters. The van der Waals surface area contributed by atoms with Crippen LogP contribution in [0.15, 0.2) is 52.2 Å². The van der Waals surface area contributed by atoms with Crippen molar-refractivity contribution in [1.82, 2.24) is 14.2 Å². The van der Waals surface area contributed by atoms with E-state index >= 15 is 0 Å². The lowest BCUT2D eigenvalue weighted by Gasteiger charge is -2.15. The molecule has 10 nitrogen and oxygen atoms in total. The number of nitrogens with zero attached hydrogens (tertiary/aromatic N) is 3. The summed E-state index contributed by atoms with van der Waals surface area (Å²) < 4.78 is 64.1. The number of nitrogens with two attached hydrogens (primary N) is 2. The number of hydrogen-bond acceptors (Lipinski definition) is 7. The fourth-order valence-electron chi connectivity index (χ4n) is 2.66. The first kappa shape index (κ1) is 23.3. The highest BCUT2D eigenvalue weighted by Gasteiger charge is 2.36. The summed E-state index contributed by atoms with van der Waals surface area (Å²) in [4.78, 5) is 39.4. The first-order valence-corrected chi connectivity index (χ1v) is 9.04. The average Bonchev–Trinajstić information content (AvgIpc) is 2.73. The van der Waals surface area contributed by atoms with Crippen LogP contribution in [0.2, 0.25) is 0 Å². The van der Waals surface area contributed by atoms with Gasteiger partial charge in [0.15, 0.2) is 11.4 Å². The SMILES string of the molecule is NC(=O)CCOc1ncccc1Oc1ccc(F)c(-n2c(=O)cc(C(F)(F)F)n(N)c2=O)c1. The molecule has 3 rings (SSSR count). The Balaban J connectivity index is 2.01. The zero-order chi connectivity index (χ0) is 24.3. The fourth-order valence-corrected chi connectivity index (χ4v) is 2.66. The average molecular weight is 469 g/mol. The highest BCUT2D eigenvalue weighted by atomic mass is 19.4. The Hall–Kier alpha value is -4.36. The Morgan fingerprint density at radius 2 is 1.88 bits per heavy atom. The summed E-state index contributed by atoms with van der Waals surface area (Å²) in [6, 6.07) is 5.85. The number of ether oxygens (including phenoxy) is 2. The highest BCUT2D eigenvalue weighted by molar-refractivity contribution is 5.73. The second kappa shape index (κ2) is 9.02. The van der Waals surface area contributed by atoms with Crippen LogP contribution in [0, 0.1) is 5.82 Å². The molecule has 1 amide bonds. The smallest absolute Gasteiger partial charge is 0.433 e. The molecule has 0 fully saturated rings. The molecule has 2 aromatic heterocycles. The van der Waals surface area contributed by atoms with Crippen LogP contribution in [-0.4, -0.2) is 26.7 Å². The largest absolute Gasteiger partial charge is 0.474 e. The van der Waals surface area contributed by atoms with Gasteiger partial charge in [-0.1, -0.05) is 0 Å². The molecule has 0 radical (unpaired) electrons. The third kappa shape index (κ3) is 5.11. The molecule has 0 bridgehead atoms. The standard InChI is InChI=1S/C19H15F4N5O5/c20-11-4-3-10(33-13-2-1-6-26-17(13)32-7-5-15(24)29)8-12(11)27-16(30)9-14(19(21,22)23)28(25)18(27)31/h1-4,6,8-9H,5,7,25H2,(H2,24,29). The summed E-state index contributed by atoms with van der Waals surface area (Å²) in [5.41, 5.74) is -0.437. The minimum atomic E-state index is -5.08. The normalized spacial score (nSPS) is 11.3. The molecule has 4 N–H and O–H groups in total. The van der Waals surface area contributed by atoms with E-state index in [4.69, 9.17) is 21.1 Å². The molecule has 0 saturated carbocycles. The maximum Gasteiger partial charge on any atom is 0.433 e. The first-order chi connectivity index (χ1) is 15.5. The molecule has 0 aliphatic rings. The molecule has 33 heavy (non-hydrogen) atoms. The minimum Gasteiger partial charge on any atom is -0.474 e. The summed E-state index contributed by atoms with van der Waals surface area (Å²) in [6.07, 6.45) is -3.81. The highest BCUT2D eigenvalue weighted by Crippen LogP contribution is 2.31. The Morgan fingerprint density at radius 3 is 2.55 bits per heavy atom. The minimum absolute atomic E-state index is 0.0236. The second-order valence-corrected chi connectivity index (χ2v) is 6.44. The van der Waals surface area contributed by atoms with Crippen LogP contribution in [0.4, 0.5) is 17.6 Å². The van der Waals surface area contributed by atoms with Crippen LogP contribution in [0.3, 0.4) is 0 Å². The van der Waals surface area contributed by atoms with Crippen LogP contribution < -0.4 is 32.3 Å². The summed E-state index contributed by atoms with van der Waals surface area (Å²) >= 11 is 0. The van der Waals surface area contributed by atoms with Gasteiger partial charge in [-0.3, -0.25) is 9.59 Å². The van der Waals surface area contributed by atoms with Crippen LogP contribution in [0.5, 0.6) is 17.4 Å². The number of rotatable bonds is 7. The van der Waals surface area contributed by atoms with Crippen molar-refractivity contribution in [2.24, 2.45) is 5.73 Å². The molecule has 1 aromatic carbocycles. The molecule has 0 unspecified atom stereocenters. The van der Waals surface area contributed by atoms with Gasteiger partial charge in [-0.25, -0.2) is 23.4 Å². The maximum atomic E-state index is 14.4. The molecule has 174 valence electrons. The molecule has 14 heteroatoms. The number of halogens is 4. The molecule has 0 spiro atoms. The van der Waals surface area contributed by atoms with Crippen LogP contribution in [0.1, 0.15) is 12.1 Å². The lowest BCUT2D eigenvalue weighted by Crippen LogP contribution is -2.45. The zero-order valence-electron chi connectivity index (χ0n) is 16.5. The number of alkyl halides is 3. The molecular weight excluding hydrogens is 454 g/mol. The van der Waals surface area contributed by atoms with E-state index in [9.17, 15) is 31.9 Å². The second-order valence-electron chi connectivity index (χ2n) is 6.44. The lowest BCUT2D eigenvalue weighted by atomic mass is 10.2. The molecule has 0 aliphatic heterocycles. The van der Waals surface area contributed by atoms with Crippen molar-refractivity contribution < 1.29 is 31.8 Å². The number of carbonyl (C=O) groups excluding carboxylic acids is 1. The van der Waals surface area contributed by atoms with Gasteiger partial charge in [-0.15, -0.1) is 0 Å². The predicted octanol–water partition coefficient (Wildman–Crippen LogP) is 1.31. The zero-order valence-corrected chi connectivity index (χ0v) is 16.5. The van der Waals surface area contributed by atoms with Gasteiger partial charge in [0.05, 0.1) is 18.7 Å². The molecule has 0 aliphatic carbocycles. The van der Waals surface area contributed by atoms with Crippen molar-refractivity contribution >= 4 is 5.91 Å². The third-order valence-corrected chi connectivity index (χ3v) is 4.14. The topological polar surface area (TPSA) is 144 Å². The number of benzene rings is 1. The summed E-state index contributed by atoms with van der Waals surface area (Å²) in [7, 11) is 0. The van der Waals surface area contributed by atoms with Gasteiger partial charge in [0, 0.05) is 18.3 Å². The van der Waals surface area contributed by atoms with Crippen LogP contribution in [-0.2, 0) is 11.0 Å². The molecule has 0 saturated heterocycles. The van der Waals surface area contributed by atoms with Crippen LogP contribution >= 0.6 is 0 Å². The first-order valence-electron chi connectivity index (χ1n) is 9.04. The summed E-state index contributed by atoms with van der Waals surface area (Å²) in [5, 5.41) is 0. The lowest BCUT2D eigenvalue weighted by molar-refractivity contribution is -0.143. The van der Waals surface area contributed by atoms with Gasteiger partial charge < -0.3 is 21.1 Å². The van der Waals surface area contributed by atoms with Crippen molar-refractivity contribution in [2.45, 2.75) is 12.6 Å². The third-order valence-electron chi connectivity index (χ3n) is 4.14. The molecule has 2 heterocycles. The van der Waals surface area contributed by atoms with E-state index in [1.165, 1.54) is 18.3 Å². The Bertz CT molecular complexity index is 1320. The van der Waals surface area contributed by atoms with Crippen molar-refractivity contribution in [2.75, 3.05) is 12.4 Å². The summed E-state index contributed by atoms with van der Waals surface area (Å²) in [6.45, 7) is -0.103. The van der Waals surface area contributed by atoms with Crippen molar-refractivity contribution in [1.29, 1.82) is 0 Å². The monoisotopic (exact) mass is 469 g/mol. The number of aromatic nitrogens is 3. The van der Waals surface area contributed by atoms with Gasteiger partial charge in [0.25, 0.3) is 11.4 Å². The predicted molar refractivity (Wildman–Crippen MR) is 105 cm³/mol. The Labute approximate surface area is 181 Å². The van der Waals surface area contributed by atoms with Gasteiger partial charge >= 0.3 is 11.9 Å². The number of pyridine rings is 1. The van der Waals surface area contributed by atoms with Crippen molar-refractivity contribution in [3.63, 3.8) is 0 Å². The maximum absolute atomic E-state index is 14.4. The van der Waals surface area contributed by atoms with Gasteiger partial charge in [-0.05, 0) is 24.3 Å². The van der Waals surface area contributed by atoms with Gasteiger partial charge in [0.1, 0.15) is 11.6 Å². The number of hydrogen-bond donors (Lipinski definition) is 2. The number of nitrogen functional groups attached to an aromatic ring is 1. The Kier molecular flexibility index (Phi) is 6.37. The quantitative estimate of drug-likeness (QED) is 0.392. The number of carbonyl (C=O) groups is 1. The van der Waals surface area contributed by atoms with E-state index in [0.717, 1.165) is 18.2 Å². The van der Waals surface area contributed by atoms with Gasteiger partial charge in [0.2, 0.25) is 5.91 Å². The summed E-state index contributed by atoms with van der Waals surface area (Å²) in [5.74, 6) is 3.34. The van der Waals surface area contributed by atoms with Crippen LogP contribution in [0.25, 0.3) is 5.69 Å². The molecule has 3 aromatic rings. The molecular formula is C19H15F4N5O5. The number of amides is 1. The van der Waals surface area contributed by atoms with E-state index in [1.807, 2.05) is 0 Å². The number of primary amides is 1. The Morgan fingerprint density at radius 1 is 1.15 bits per heavy atom. The van der Waals surface area contributed by atoms with Crippen molar-refractivity contribution in [3.05, 3.63) is 74.9 Å². The van der Waals surface area contributed by atoms with Crippen molar-refractivity contribution in [3.8, 4) is 23.1 Å². The van der Waals surface area contributed by atoms with E-state index in [2.05, 4.69) is 4.98 Å².